The van der Waals surface area contributed by atoms with E-state index in [2.05, 4.69) is 0 Å². The third kappa shape index (κ3) is 2.63. The van der Waals surface area contributed by atoms with Crippen LogP contribution in [0.15, 0.2) is 0 Å². The highest BCUT2D eigenvalue weighted by Crippen LogP contribution is 2.28. The molecule has 0 N–H and O–H groups in total. The topological polar surface area (TPSA) is 97.8 Å². The molecule has 0 aliphatic heterocycles. The maximum absolute atomic E-state index is 11.9. The molecule has 0 saturated carbocycles. The van der Waals surface area contributed by atoms with Gasteiger partial charge in [-0.05, 0) is 0 Å². The molecule has 12 heteroatoms. The van der Waals surface area contributed by atoms with Crippen molar-refractivity contribution in [1.29, 1.82) is 0 Å². The molecule has 0 heterocycles. The van der Waals surface area contributed by atoms with Crippen LogP contribution >= 0.6 is 0 Å². The van der Waals surface area contributed by atoms with Crippen LogP contribution in [-0.2, 0) is 20.2 Å². The smallest absolute Gasteiger partial charge is 0.511 e. The first kappa shape index (κ1) is 15.6. The van der Waals surface area contributed by atoms with Crippen LogP contribution in [0.25, 0.3) is 0 Å². The Hall–Kier alpha value is -0.430. The molecule has 0 aromatic rings. The molecule has 0 aromatic carbocycles. The summed E-state index contributed by atoms with van der Waals surface area (Å²) in [5, 5.41) is 10.7. The number of rotatable bonds is 4. The van der Waals surface area contributed by atoms with E-state index in [1.54, 1.807) is 0 Å². The highest BCUT2D eigenvalue weighted by atomic mass is 32.3. The largest absolute Gasteiger partial charge is 0.758 e. The normalized spacial score (nSPS) is 14.8. The van der Waals surface area contributed by atoms with Gasteiger partial charge in [-0.2, -0.15) is 25.9 Å². The minimum atomic E-state index is -6.44. The lowest BCUT2D eigenvalue weighted by Crippen LogP contribution is -2.46. The molecule has 0 spiro atoms. The maximum Gasteiger partial charge on any atom is 0.511 e. The lowest BCUT2D eigenvalue weighted by Gasteiger charge is -2.30. The van der Waals surface area contributed by atoms with Crippen LogP contribution in [0.5, 0.6) is 0 Å². The van der Waals surface area contributed by atoms with Crippen molar-refractivity contribution in [1.82, 2.24) is 8.18 Å². The summed E-state index contributed by atoms with van der Waals surface area (Å²) in [4.78, 5) is 0. The van der Waals surface area contributed by atoms with E-state index in [0.29, 0.717) is 0 Å². The van der Waals surface area contributed by atoms with Gasteiger partial charge in [0.1, 0.15) is 0 Å². The number of nitrogens with zero attached hydrogens (tertiary/aromatic N) is 2. The molecule has 0 aliphatic rings. The van der Waals surface area contributed by atoms with Gasteiger partial charge in [0, 0.05) is 13.6 Å². The van der Waals surface area contributed by atoms with E-state index in [9.17, 15) is 35.2 Å². The van der Waals surface area contributed by atoms with Crippen molar-refractivity contribution in [2.24, 2.45) is 0 Å². The summed E-state index contributed by atoms with van der Waals surface area (Å²) in [5.41, 5.74) is -5.96. The SMILES string of the molecule is CCN(C)S(=O)(=O)N([O-])S(=O)(=O)C(F)(F)F. The van der Waals surface area contributed by atoms with Gasteiger partial charge >= 0.3 is 15.5 Å². The van der Waals surface area contributed by atoms with Gasteiger partial charge in [0.15, 0.2) is 0 Å². The van der Waals surface area contributed by atoms with Gasteiger partial charge in [-0.25, -0.2) is 8.42 Å². The summed E-state index contributed by atoms with van der Waals surface area (Å²) in [6, 6.07) is 0. The fourth-order valence-electron chi connectivity index (χ4n) is 0.485. The number of hydrogen-bond acceptors (Lipinski definition) is 5. The highest BCUT2D eigenvalue weighted by molar-refractivity contribution is 8.03. The van der Waals surface area contributed by atoms with E-state index in [-0.39, 0.29) is 10.8 Å². The van der Waals surface area contributed by atoms with Crippen LogP contribution in [0.1, 0.15) is 6.92 Å². The Bertz CT molecular complexity index is 441. The molecule has 0 saturated heterocycles. The van der Waals surface area contributed by atoms with Gasteiger partial charge in [-0.3, -0.25) is 0 Å². The Kier molecular flexibility index (Phi) is 4.32. The molecular weight excluding hydrogens is 277 g/mol. The van der Waals surface area contributed by atoms with Crippen molar-refractivity contribution < 1.29 is 30.0 Å². The molecule has 98 valence electrons. The van der Waals surface area contributed by atoms with E-state index in [1.165, 1.54) is 6.92 Å². The lowest BCUT2D eigenvalue weighted by molar-refractivity contribution is -0.0462. The second kappa shape index (κ2) is 4.44. The predicted octanol–water partition coefficient (Wildman–Crippen LogP) is -0.168. The fraction of sp³-hybridized carbons (Fsp3) is 1.00. The first-order valence-corrected chi connectivity index (χ1v) is 6.48. The van der Waals surface area contributed by atoms with E-state index in [0.717, 1.165) is 7.05 Å². The van der Waals surface area contributed by atoms with Gasteiger partial charge in [0.25, 0.3) is 10.2 Å². The number of hydrogen-bond donors (Lipinski definition) is 0. The standard InChI is InChI=1S/C4H8F3N2O5S2/c1-3-8(2)16(13,14)9(10)15(11,12)4(5,6)7/h3H2,1-2H3/q-1. The molecule has 0 aliphatic carbocycles. The molecule has 0 aromatic heterocycles. The second-order valence-corrected chi connectivity index (χ2v) is 6.36. The molecule has 0 rings (SSSR count). The molecule has 0 radical (unpaired) electrons. The number of sulfonamides is 1. The second-order valence-electron chi connectivity index (χ2n) is 2.54. The molecule has 16 heavy (non-hydrogen) atoms. The minimum absolute atomic E-state index is 0.170. The van der Waals surface area contributed by atoms with Gasteiger partial charge in [-0.15, -0.1) is 3.87 Å². The Morgan fingerprint density at radius 2 is 1.56 bits per heavy atom. The molecule has 0 amide bonds. The third-order valence-corrected chi connectivity index (χ3v) is 5.07. The van der Waals surface area contributed by atoms with E-state index in [4.69, 9.17) is 0 Å². The Morgan fingerprint density at radius 3 is 1.81 bits per heavy atom. The zero-order valence-electron chi connectivity index (χ0n) is 8.09. The van der Waals surface area contributed by atoms with Crippen molar-refractivity contribution in [3.05, 3.63) is 5.21 Å². The summed E-state index contributed by atoms with van der Waals surface area (Å²) in [5.74, 6) is 0. The Labute approximate surface area is 90.3 Å². The first-order chi connectivity index (χ1) is 6.89. The number of alkyl halides is 3. The van der Waals surface area contributed by atoms with Crippen LogP contribution in [0.2, 0.25) is 0 Å². The predicted molar refractivity (Wildman–Crippen MR) is 47.4 cm³/mol. The monoisotopic (exact) mass is 285 g/mol. The van der Waals surface area contributed by atoms with Crippen molar-refractivity contribution in [2.75, 3.05) is 13.6 Å². The molecule has 7 nitrogen and oxygen atoms in total. The summed E-state index contributed by atoms with van der Waals surface area (Å²) >= 11 is 0. The van der Waals surface area contributed by atoms with Crippen molar-refractivity contribution in [3.63, 3.8) is 0 Å². The summed E-state index contributed by atoms with van der Waals surface area (Å²) < 4.78 is 76.9. The third-order valence-electron chi connectivity index (χ3n) is 1.52. The molecule has 0 atom stereocenters. The number of halogens is 3. The van der Waals surface area contributed by atoms with Crippen LogP contribution in [0.4, 0.5) is 13.2 Å². The highest BCUT2D eigenvalue weighted by Gasteiger charge is 2.50. The van der Waals surface area contributed by atoms with Crippen molar-refractivity contribution >= 4 is 20.2 Å². The Balaban J connectivity index is 5.50. The molecule has 0 bridgehead atoms. The van der Waals surface area contributed by atoms with Gasteiger partial charge in [-0.1, -0.05) is 6.92 Å². The van der Waals surface area contributed by atoms with Crippen molar-refractivity contribution in [2.45, 2.75) is 12.4 Å². The lowest BCUT2D eigenvalue weighted by atomic mass is 10.8. The van der Waals surface area contributed by atoms with Crippen LogP contribution in [0, 0.1) is 5.21 Å². The maximum atomic E-state index is 11.9. The summed E-state index contributed by atoms with van der Waals surface area (Å²) in [6.07, 6.45) is 0. The fourth-order valence-corrected chi connectivity index (χ4v) is 2.80. The van der Waals surface area contributed by atoms with Crippen molar-refractivity contribution in [3.8, 4) is 0 Å². The van der Waals surface area contributed by atoms with Crippen LogP contribution in [0.3, 0.4) is 0 Å². The van der Waals surface area contributed by atoms with Crippen LogP contribution in [-0.4, -0.2) is 44.1 Å². The van der Waals surface area contributed by atoms with E-state index >= 15 is 0 Å². The van der Waals surface area contributed by atoms with Gasteiger partial charge < -0.3 is 5.21 Å². The average Bonchev–Trinajstić information content (AvgIpc) is 2.13. The first-order valence-electron chi connectivity index (χ1n) is 3.64. The summed E-state index contributed by atoms with van der Waals surface area (Å²) in [7, 11) is -10.9. The Morgan fingerprint density at radius 1 is 1.19 bits per heavy atom. The summed E-state index contributed by atoms with van der Waals surface area (Å²) in [6.45, 7) is 0.861. The van der Waals surface area contributed by atoms with Crippen LogP contribution < -0.4 is 0 Å². The average molecular weight is 285 g/mol. The minimum Gasteiger partial charge on any atom is -0.758 e. The molecule has 0 unspecified atom stereocenters. The zero-order chi connectivity index (χ0) is 13.4. The zero-order valence-corrected chi connectivity index (χ0v) is 9.73. The van der Waals surface area contributed by atoms with E-state index in [1.807, 2.05) is 0 Å². The van der Waals surface area contributed by atoms with E-state index < -0.39 is 29.6 Å². The van der Waals surface area contributed by atoms with Gasteiger partial charge in [0.05, 0.1) is 0 Å². The van der Waals surface area contributed by atoms with Gasteiger partial charge in [0.2, 0.25) is 0 Å². The molecular formula is C4H8F3N2O5S2-. The molecule has 0 fully saturated rings. The quantitative estimate of drug-likeness (QED) is 0.668.